The van der Waals surface area contributed by atoms with Gasteiger partial charge in [0.25, 0.3) is 5.91 Å². The summed E-state index contributed by atoms with van der Waals surface area (Å²) in [6, 6.07) is 1.62. The summed E-state index contributed by atoms with van der Waals surface area (Å²) in [7, 11) is 0. The number of hydrogen-bond donors (Lipinski definition) is 1. The molecule has 20 heavy (non-hydrogen) atoms. The summed E-state index contributed by atoms with van der Waals surface area (Å²) >= 11 is 0. The van der Waals surface area contributed by atoms with Gasteiger partial charge in [0.1, 0.15) is 0 Å². The maximum Gasteiger partial charge on any atom is 0.292 e. The van der Waals surface area contributed by atoms with Gasteiger partial charge in [-0.05, 0) is 32.6 Å². The number of aromatic nitrogens is 1. The zero-order chi connectivity index (χ0) is 14.7. The Balaban J connectivity index is 2.15. The van der Waals surface area contributed by atoms with Crippen molar-refractivity contribution in [2.24, 2.45) is 0 Å². The number of aliphatic hydroxyl groups excluding tert-OH is 1. The predicted octanol–water partition coefficient (Wildman–Crippen LogP) is 2.56. The van der Waals surface area contributed by atoms with E-state index in [9.17, 15) is 9.90 Å². The average Bonchev–Trinajstić information content (AvgIpc) is 2.95. The Labute approximate surface area is 119 Å². The van der Waals surface area contributed by atoms with E-state index in [1.54, 1.807) is 17.9 Å². The number of rotatable bonds is 4. The topological polar surface area (TPSA) is 66.6 Å². The van der Waals surface area contributed by atoms with Gasteiger partial charge in [0, 0.05) is 18.5 Å². The third-order valence-corrected chi connectivity index (χ3v) is 4.22. The molecule has 1 fully saturated rings. The van der Waals surface area contributed by atoms with Gasteiger partial charge < -0.3 is 14.5 Å². The molecule has 1 saturated heterocycles. The molecule has 1 aliphatic rings. The summed E-state index contributed by atoms with van der Waals surface area (Å²) in [4.78, 5) is 14.3. The number of carbonyl (C=O) groups excluding carboxylic acids is 1. The Hall–Kier alpha value is -1.36. The molecule has 2 heterocycles. The zero-order valence-electron chi connectivity index (χ0n) is 12.5. The van der Waals surface area contributed by atoms with Crippen LogP contribution in [0.2, 0.25) is 0 Å². The second-order valence-electron chi connectivity index (χ2n) is 5.73. The highest BCUT2D eigenvalue weighted by molar-refractivity contribution is 5.91. The maximum absolute atomic E-state index is 12.5. The van der Waals surface area contributed by atoms with Gasteiger partial charge in [-0.1, -0.05) is 19.0 Å². The van der Waals surface area contributed by atoms with Crippen molar-refractivity contribution in [2.75, 3.05) is 6.54 Å². The Morgan fingerprint density at radius 2 is 2.30 bits per heavy atom. The van der Waals surface area contributed by atoms with Gasteiger partial charge >= 0.3 is 0 Å². The van der Waals surface area contributed by atoms with Crippen molar-refractivity contribution in [3.8, 4) is 0 Å². The van der Waals surface area contributed by atoms with E-state index in [0.29, 0.717) is 6.54 Å². The molecule has 112 valence electrons. The van der Waals surface area contributed by atoms with Crippen molar-refractivity contribution in [1.82, 2.24) is 10.1 Å². The lowest BCUT2D eigenvalue weighted by atomic mass is 9.97. The third-order valence-electron chi connectivity index (χ3n) is 4.22. The van der Waals surface area contributed by atoms with Crippen LogP contribution in [0.3, 0.4) is 0 Å². The van der Waals surface area contributed by atoms with Crippen LogP contribution in [0.15, 0.2) is 10.6 Å². The van der Waals surface area contributed by atoms with Gasteiger partial charge in [0.15, 0.2) is 0 Å². The molecule has 5 heteroatoms. The number of nitrogens with zero attached hydrogens (tertiary/aromatic N) is 2. The van der Waals surface area contributed by atoms with Crippen LogP contribution in [0.25, 0.3) is 0 Å². The molecule has 2 rings (SSSR count). The second kappa shape index (κ2) is 6.39. The lowest BCUT2D eigenvalue weighted by Gasteiger charge is -2.36. The van der Waals surface area contributed by atoms with Crippen LogP contribution in [-0.4, -0.2) is 39.8 Å². The smallest absolute Gasteiger partial charge is 0.292 e. The molecule has 0 spiro atoms. The van der Waals surface area contributed by atoms with Crippen LogP contribution >= 0.6 is 0 Å². The largest absolute Gasteiger partial charge is 0.391 e. The highest BCUT2D eigenvalue weighted by Gasteiger charge is 2.32. The molecule has 0 bridgehead atoms. The average molecular weight is 280 g/mol. The second-order valence-corrected chi connectivity index (χ2v) is 5.73. The fourth-order valence-electron chi connectivity index (χ4n) is 2.68. The van der Waals surface area contributed by atoms with E-state index in [2.05, 4.69) is 19.0 Å². The molecule has 0 aliphatic carbocycles. The van der Waals surface area contributed by atoms with Crippen molar-refractivity contribution in [1.29, 1.82) is 0 Å². The molecular weight excluding hydrogens is 256 g/mol. The van der Waals surface area contributed by atoms with Crippen LogP contribution in [0, 0.1) is 0 Å². The molecule has 0 saturated carbocycles. The zero-order valence-corrected chi connectivity index (χ0v) is 12.5. The Kier molecular flexibility index (Phi) is 4.81. The van der Waals surface area contributed by atoms with Gasteiger partial charge in [-0.25, -0.2) is 0 Å². The third kappa shape index (κ3) is 3.03. The van der Waals surface area contributed by atoms with E-state index in [-0.39, 0.29) is 23.6 Å². The van der Waals surface area contributed by atoms with E-state index in [1.807, 2.05) is 0 Å². The van der Waals surface area contributed by atoms with E-state index >= 15 is 0 Å². The number of likely N-dealkylation sites (tertiary alicyclic amines) is 1. The van der Waals surface area contributed by atoms with Crippen LogP contribution in [0.4, 0.5) is 0 Å². The van der Waals surface area contributed by atoms with Crippen molar-refractivity contribution < 1.29 is 14.4 Å². The van der Waals surface area contributed by atoms with Crippen LogP contribution < -0.4 is 0 Å². The molecule has 3 unspecified atom stereocenters. The minimum absolute atomic E-state index is 0.117. The minimum atomic E-state index is -0.517. The molecule has 5 nitrogen and oxygen atoms in total. The number of carbonyl (C=O) groups is 1. The van der Waals surface area contributed by atoms with E-state index in [1.165, 1.54) is 0 Å². The maximum atomic E-state index is 12.5. The standard InChI is InChI=1S/C15H24N2O3/c1-4-10(2)12-9-14(20-16-12)15(19)17-8-6-5-7-13(17)11(3)18/h9-11,13,18H,4-8H2,1-3H3. The van der Waals surface area contributed by atoms with Crippen LogP contribution in [-0.2, 0) is 0 Å². The van der Waals surface area contributed by atoms with Gasteiger partial charge in [-0.3, -0.25) is 4.79 Å². The Morgan fingerprint density at radius 1 is 1.55 bits per heavy atom. The molecule has 1 aliphatic heterocycles. The Bertz CT molecular complexity index is 456. The Morgan fingerprint density at radius 3 is 2.95 bits per heavy atom. The summed E-state index contributed by atoms with van der Waals surface area (Å²) < 4.78 is 5.21. The normalized spacial score (nSPS) is 22.6. The molecule has 1 aromatic rings. The first-order valence-corrected chi connectivity index (χ1v) is 7.50. The van der Waals surface area contributed by atoms with E-state index in [4.69, 9.17) is 4.52 Å². The minimum Gasteiger partial charge on any atom is -0.391 e. The molecule has 0 radical (unpaired) electrons. The number of aliphatic hydroxyl groups is 1. The number of hydrogen-bond acceptors (Lipinski definition) is 4. The van der Waals surface area contributed by atoms with Gasteiger partial charge in [-0.15, -0.1) is 0 Å². The lowest BCUT2D eigenvalue weighted by Crippen LogP contribution is -2.48. The highest BCUT2D eigenvalue weighted by atomic mass is 16.5. The first-order chi connectivity index (χ1) is 9.54. The van der Waals surface area contributed by atoms with E-state index in [0.717, 1.165) is 31.4 Å². The molecule has 1 aromatic heterocycles. The molecule has 1 amide bonds. The van der Waals surface area contributed by atoms with E-state index < -0.39 is 6.10 Å². The molecule has 3 atom stereocenters. The van der Waals surface area contributed by atoms with Crippen molar-refractivity contribution in [3.63, 3.8) is 0 Å². The fraction of sp³-hybridized carbons (Fsp3) is 0.733. The first kappa shape index (κ1) is 15.0. The van der Waals surface area contributed by atoms with Gasteiger partial charge in [-0.2, -0.15) is 0 Å². The van der Waals surface area contributed by atoms with Crippen molar-refractivity contribution in [3.05, 3.63) is 17.5 Å². The molecular formula is C15H24N2O3. The monoisotopic (exact) mass is 280 g/mol. The fourth-order valence-corrected chi connectivity index (χ4v) is 2.68. The van der Waals surface area contributed by atoms with Gasteiger partial charge in [0.2, 0.25) is 5.76 Å². The predicted molar refractivity (Wildman–Crippen MR) is 75.6 cm³/mol. The van der Waals surface area contributed by atoms with Crippen LogP contribution in [0.5, 0.6) is 0 Å². The summed E-state index contributed by atoms with van der Waals surface area (Å²) in [5.41, 5.74) is 0.821. The van der Waals surface area contributed by atoms with Crippen LogP contribution in [0.1, 0.15) is 68.6 Å². The number of piperidine rings is 1. The summed E-state index contributed by atoms with van der Waals surface area (Å²) in [6.07, 6.45) is 3.31. The highest BCUT2D eigenvalue weighted by Crippen LogP contribution is 2.24. The molecule has 0 aromatic carbocycles. The number of amides is 1. The van der Waals surface area contributed by atoms with Gasteiger partial charge in [0.05, 0.1) is 17.8 Å². The summed E-state index contributed by atoms with van der Waals surface area (Å²) in [5, 5.41) is 13.8. The van der Waals surface area contributed by atoms with Crippen molar-refractivity contribution in [2.45, 2.75) is 64.5 Å². The lowest BCUT2D eigenvalue weighted by molar-refractivity contribution is 0.0251. The summed E-state index contributed by atoms with van der Waals surface area (Å²) in [6.45, 7) is 6.55. The summed E-state index contributed by atoms with van der Waals surface area (Å²) in [5.74, 6) is 0.416. The molecule has 1 N–H and O–H groups in total. The SMILES string of the molecule is CCC(C)c1cc(C(=O)N2CCCCC2C(C)O)on1. The quantitative estimate of drug-likeness (QED) is 0.920. The first-order valence-electron chi connectivity index (χ1n) is 7.50. The van der Waals surface area contributed by atoms with Crippen molar-refractivity contribution >= 4 is 5.91 Å².